The number of nitrogens with one attached hydrogen (secondary N) is 1. The zero-order valence-electron chi connectivity index (χ0n) is 14.4. The van der Waals surface area contributed by atoms with Gasteiger partial charge in [0.2, 0.25) is 0 Å². The van der Waals surface area contributed by atoms with Gasteiger partial charge in [-0.15, -0.1) is 11.3 Å². The second-order valence-corrected chi connectivity index (χ2v) is 6.90. The molecule has 0 bridgehead atoms. The summed E-state index contributed by atoms with van der Waals surface area (Å²) in [4.78, 5) is 16.2. The summed E-state index contributed by atoms with van der Waals surface area (Å²) < 4.78 is 66.4. The molecule has 0 aliphatic carbocycles. The van der Waals surface area contributed by atoms with Gasteiger partial charge in [-0.05, 0) is 41.8 Å². The van der Waals surface area contributed by atoms with E-state index in [-0.39, 0.29) is 4.88 Å². The Hall–Kier alpha value is -2.81. The van der Waals surface area contributed by atoms with E-state index in [1.807, 2.05) is 6.92 Å². The predicted octanol–water partition coefficient (Wildman–Crippen LogP) is 5.92. The Labute approximate surface area is 160 Å². The largest absolute Gasteiger partial charge is 0.416 e. The van der Waals surface area contributed by atoms with Crippen molar-refractivity contribution >= 4 is 22.9 Å². The molecule has 0 spiro atoms. The van der Waals surface area contributed by atoms with Crippen molar-refractivity contribution in [2.24, 2.45) is 0 Å². The SMILES string of the molecule is CCc1ccc(C(F)(F)F)cc1-c1ccc(C(=O)Nc2c(F)cncc2F)s1. The zero-order chi connectivity index (χ0) is 20.5. The molecule has 28 heavy (non-hydrogen) atoms. The molecule has 0 unspecified atom stereocenters. The topological polar surface area (TPSA) is 42.0 Å². The minimum Gasteiger partial charge on any atom is -0.316 e. The maximum absolute atomic E-state index is 13.6. The number of benzene rings is 1. The third-order valence-corrected chi connectivity index (χ3v) is 5.12. The van der Waals surface area contributed by atoms with Crippen LogP contribution >= 0.6 is 11.3 Å². The number of pyridine rings is 1. The van der Waals surface area contributed by atoms with Crippen LogP contribution in [0.15, 0.2) is 42.7 Å². The van der Waals surface area contributed by atoms with E-state index >= 15 is 0 Å². The zero-order valence-corrected chi connectivity index (χ0v) is 15.2. The Kier molecular flexibility index (Phi) is 5.46. The van der Waals surface area contributed by atoms with E-state index in [2.05, 4.69) is 10.3 Å². The van der Waals surface area contributed by atoms with Crippen molar-refractivity contribution in [3.63, 3.8) is 0 Å². The van der Waals surface area contributed by atoms with Gasteiger partial charge in [0.25, 0.3) is 5.91 Å². The number of halogens is 5. The number of hydrogen-bond donors (Lipinski definition) is 1. The van der Waals surface area contributed by atoms with Crippen molar-refractivity contribution in [3.8, 4) is 10.4 Å². The van der Waals surface area contributed by atoms with Crippen LogP contribution in [0.2, 0.25) is 0 Å². The average molecular weight is 412 g/mol. The maximum Gasteiger partial charge on any atom is 0.416 e. The van der Waals surface area contributed by atoms with Crippen LogP contribution in [0.3, 0.4) is 0 Å². The van der Waals surface area contributed by atoms with Gasteiger partial charge < -0.3 is 5.32 Å². The average Bonchev–Trinajstić information content (AvgIpc) is 3.13. The molecule has 146 valence electrons. The summed E-state index contributed by atoms with van der Waals surface area (Å²) in [5, 5.41) is 2.13. The number of rotatable bonds is 4. The number of anilines is 1. The smallest absolute Gasteiger partial charge is 0.316 e. The Morgan fingerprint density at radius 2 is 1.79 bits per heavy atom. The molecule has 1 amide bonds. The number of amides is 1. The van der Waals surface area contributed by atoms with Crippen LogP contribution in [0.25, 0.3) is 10.4 Å². The lowest BCUT2D eigenvalue weighted by atomic mass is 10.0. The minimum atomic E-state index is -4.49. The first-order valence-corrected chi connectivity index (χ1v) is 8.93. The molecule has 3 nitrogen and oxygen atoms in total. The molecule has 3 aromatic rings. The highest BCUT2D eigenvalue weighted by Gasteiger charge is 2.31. The first kappa shape index (κ1) is 19.9. The second kappa shape index (κ2) is 7.67. The summed E-state index contributed by atoms with van der Waals surface area (Å²) in [6.45, 7) is 1.81. The monoisotopic (exact) mass is 412 g/mol. The summed E-state index contributed by atoms with van der Waals surface area (Å²) in [5.41, 5.74) is -0.376. The number of nitrogens with zero attached hydrogens (tertiary/aromatic N) is 1. The molecule has 0 aliphatic heterocycles. The summed E-state index contributed by atoms with van der Waals surface area (Å²) in [6.07, 6.45) is -2.47. The molecule has 1 aromatic carbocycles. The quantitative estimate of drug-likeness (QED) is 0.541. The fourth-order valence-corrected chi connectivity index (χ4v) is 3.55. The number of carbonyl (C=O) groups is 1. The van der Waals surface area contributed by atoms with E-state index < -0.39 is 35.0 Å². The normalized spacial score (nSPS) is 11.5. The van der Waals surface area contributed by atoms with Crippen LogP contribution in [0.5, 0.6) is 0 Å². The van der Waals surface area contributed by atoms with Gasteiger partial charge in [0.1, 0.15) is 5.69 Å². The number of thiophene rings is 1. The molecule has 0 radical (unpaired) electrons. The van der Waals surface area contributed by atoms with E-state index in [9.17, 15) is 26.7 Å². The highest BCUT2D eigenvalue weighted by Crippen LogP contribution is 2.37. The first-order valence-electron chi connectivity index (χ1n) is 8.11. The van der Waals surface area contributed by atoms with Crippen molar-refractivity contribution < 1.29 is 26.7 Å². The van der Waals surface area contributed by atoms with Gasteiger partial charge in [0.05, 0.1) is 22.8 Å². The molecule has 0 atom stereocenters. The lowest BCUT2D eigenvalue weighted by Crippen LogP contribution is -2.13. The van der Waals surface area contributed by atoms with Gasteiger partial charge in [-0.3, -0.25) is 9.78 Å². The lowest BCUT2D eigenvalue weighted by molar-refractivity contribution is -0.137. The Balaban J connectivity index is 1.93. The van der Waals surface area contributed by atoms with E-state index in [0.29, 0.717) is 22.4 Å². The molecule has 0 aliphatic rings. The van der Waals surface area contributed by atoms with Gasteiger partial charge in [-0.2, -0.15) is 13.2 Å². The van der Waals surface area contributed by atoms with Crippen LogP contribution in [-0.2, 0) is 12.6 Å². The van der Waals surface area contributed by atoms with Gasteiger partial charge in [-0.1, -0.05) is 13.0 Å². The van der Waals surface area contributed by atoms with Gasteiger partial charge in [0, 0.05) is 4.88 Å². The van der Waals surface area contributed by atoms with Gasteiger partial charge in [0.15, 0.2) is 11.6 Å². The highest BCUT2D eigenvalue weighted by atomic mass is 32.1. The van der Waals surface area contributed by atoms with Crippen molar-refractivity contribution in [2.45, 2.75) is 19.5 Å². The molecule has 2 aromatic heterocycles. The van der Waals surface area contributed by atoms with E-state index in [4.69, 9.17) is 0 Å². The first-order chi connectivity index (χ1) is 13.2. The van der Waals surface area contributed by atoms with Crippen LogP contribution in [0, 0.1) is 11.6 Å². The molecule has 3 rings (SSSR count). The Morgan fingerprint density at radius 3 is 2.39 bits per heavy atom. The number of alkyl halides is 3. The number of carbonyl (C=O) groups excluding carboxylic acids is 1. The molecule has 0 fully saturated rings. The molecule has 2 heterocycles. The predicted molar refractivity (Wildman–Crippen MR) is 96.2 cm³/mol. The minimum absolute atomic E-state index is 0.102. The van der Waals surface area contributed by atoms with E-state index in [1.54, 1.807) is 0 Å². The molecule has 9 heteroatoms. The molecular weight excluding hydrogens is 399 g/mol. The van der Waals surface area contributed by atoms with Crippen LogP contribution in [0.4, 0.5) is 27.6 Å². The number of hydrogen-bond acceptors (Lipinski definition) is 3. The van der Waals surface area contributed by atoms with Crippen LogP contribution < -0.4 is 5.32 Å². The second-order valence-electron chi connectivity index (χ2n) is 5.82. The van der Waals surface area contributed by atoms with E-state index in [1.165, 1.54) is 18.2 Å². The number of aromatic nitrogens is 1. The van der Waals surface area contributed by atoms with Crippen molar-refractivity contribution in [3.05, 3.63) is 70.4 Å². The molecule has 0 saturated carbocycles. The maximum atomic E-state index is 13.6. The molecule has 1 N–H and O–H groups in total. The van der Waals surface area contributed by atoms with Crippen LogP contribution in [0.1, 0.15) is 27.7 Å². The molecular formula is C19H13F5N2OS. The third kappa shape index (κ3) is 4.04. The van der Waals surface area contributed by atoms with Crippen molar-refractivity contribution in [1.82, 2.24) is 4.98 Å². The standard InChI is InChI=1S/C19H13F5N2OS/c1-2-10-3-4-11(19(22,23)24)7-12(10)15-5-6-16(28-15)18(27)26-17-13(20)8-25-9-14(17)21/h3-9H,2H2,1H3,(H,25,26,27). The summed E-state index contributed by atoms with van der Waals surface area (Å²) in [7, 11) is 0. The van der Waals surface area contributed by atoms with Crippen molar-refractivity contribution in [2.75, 3.05) is 5.32 Å². The molecule has 0 saturated heterocycles. The lowest BCUT2D eigenvalue weighted by Gasteiger charge is -2.11. The fourth-order valence-electron chi connectivity index (χ4n) is 2.60. The summed E-state index contributed by atoms with van der Waals surface area (Å²) in [5.74, 6) is -2.84. The van der Waals surface area contributed by atoms with Crippen LogP contribution in [-0.4, -0.2) is 10.9 Å². The van der Waals surface area contributed by atoms with Crippen molar-refractivity contribution in [1.29, 1.82) is 0 Å². The highest BCUT2D eigenvalue weighted by molar-refractivity contribution is 7.17. The van der Waals surface area contributed by atoms with E-state index in [0.717, 1.165) is 35.9 Å². The fraction of sp³-hybridized carbons (Fsp3) is 0.158. The van der Waals surface area contributed by atoms with Gasteiger partial charge >= 0.3 is 6.18 Å². The Bertz CT molecular complexity index is 1010. The van der Waals surface area contributed by atoms with Gasteiger partial charge in [-0.25, -0.2) is 8.78 Å². The number of aryl methyl sites for hydroxylation is 1. The summed E-state index contributed by atoms with van der Waals surface area (Å²) in [6, 6.07) is 6.35. The summed E-state index contributed by atoms with van der Waals surface area (Å²) >= 11 is 0.934. The third-order valence-electron chi connectivity index (χ3n) is 4.01. The Morgan fingerprint density at radius 1 is 1.11 bits per heavy atom.